The Hall–Kier alpha value is -3.16. The zero-order valence-electron chi connectivity index (χ0n) is 18.4. The molecule has 0 unspecified atom stereocenters. The van der Waals surface area contributed by atoms with Gasteiger partial charge in [-0.3, -0.25) is 14.4 Å². The number of aryl methyl sites for hydroxylation is 1. The minimum atomic E-state index is -0.567. The van der Waals surface area contributed by atoms with E-state index in [9.17, 15) is 9.90 Å². The average Bonchev–Trinajstić information content (AvgIpc) is 3.20. The smallest absolute Gasteiger partial charge is 0.254 e. The second kappa shape index (κ2) is 8.76. The van der Waals surface area contributed by atoms with Crippen molar-refractivity contribution in [2.45, 2.75) is 25.5 Å². The van der Waals surface area contributed by atoms with Gasteiger partial charge in [0.15, 0.2) is 0 Å². The van der Waals surface area contributed by atoms with Gasteiger partial charge in [-0.15, -0.1) is 0 Å². The van der Waals surface area contributed by atoms with Crippen molar-refractivity contribution in [3.8, 4) is 0 Å². The van der Waals surface area contributed by atoms with Crippen molar-refractivity contribution in [3.63, 3.8) is 0 Å². The van der Waals surface area contributed by atoms with Crippen LogP contribution in [-0.4, -0.2) is 62.9 Å². The lowest BCUT2D eigenvalue weighted by Crippen LogP contribution is -2.46. The van der Waals surface area contributed by atoms with Crippen LogP contribution in [0.3, 0.4) is 0 Å². The molecule has 2 aromatic carbocycles. The lowest BCUT2D eigenvalue weighted by Gasteiger charge is -2.34. The highest BCUT2D eigenvalue weighted by Crippen LogP contribution is 2.25. The summed E-state index contributed by atoms with van der Waals surface area (Å²) in [6.07, 6.45) is 4.89. The number of benzene rings is 2. The normalized spacial score (nSPS) is 17.1. The number of amides is 1. The number of nitrogens with zero attached hydrogens (tertiary/aromatic N) is 4. The molecule has 0 radical (unpaired) electrons. The van der Waals surface area contributed by atoms with Crippen molar-refractivity contribution in [2.75, 3.05) is 31.5 Å². The van der Waals surface area contributed by atoms with Gasteiger partial charge >= 0.3 is 0 Å². The summed E-state index contributed by atoms with van der Waals surface area (Å²) < 4.78 is 1.73. The largest absolute Gasteiger partial charge is 0.390 e. The van der Waals surface area contributed by atoms with Crippen LogP contribution in [0.25, 0.3) is 0 Å². The molecule has 2 aliphatic heterocycles. The minimum absolute atomic E-state index is 0.0101. The highest BCUT2D eigenvalue weighted by Gasteiger charge is 2.27. The number of hydrogen-bond donors (Lipinski definition) is 2. The Morgan fingerprint density at radius 1 is 1.03 bits per heavy atom. The van der Waals surface area contributed by atoms with Gasteiger partial charge < -0.3 is 15.3 Å². The summed E-state index contributed by atoms with van der Waals surface area (Å²) in [6, 6.07) is 14.4. The van der Waals surface area contributed by atoms with Gasteiger partial charge in [0.2, 0.25) is 0 Å². The molecular weight excluding hydrogens is 402 g/mol. The first-order valence-electron chi connectivity index (χ1n) is 11.2. The summed E-state index contributed by atoms with van der Waals surface area (Å²) in [4.78, 5) is 17.2. The van der Waals surface area contributed by atoms with E-state index in [0.717, 1.165) is 42.9 Å². The van der Waals surface area contributed by atoms with Crippen molar-refractivity contribution in [1.29, 1.82) is 0 Å². The van der Waals surface area contributed by atoms with Crippen molar-refractivity contribution < 1.29 is 9.90 Å². The summed E-state index contributed by atoms with van der Waals surface area (Å²) >= 11 is 0. The van der Waals surface area contributed by atoms with E-state index in [0.29, 0.717) is 25.2 Å². The highest BCUT2D eigenvalue weighted by molar-refractivity contribution is 5.97. The molecule has 3 aromatic rings. The number of carbonyl (C=O) groups is 1. The van der Waals surface area contributed by atoms with E-state index in [-0.39, 0.29) is 5.91 Å². The lowest BCUT2D eigenvalue weighted by atomic mass is 9.97. The number of carbonyl (C=O) groups excluding carboxylic acids is 1. The SMILES string of the molecule is Cn1cc(Nc2ccc3c(c2)C(=O)N(C[C@@H](O)CN2CCc4ccccc4C2)CC3)cn1. The molecule has 1 amide bonds. The molecule has 7 heteroatoms. The number of rotatable bonds is 6. The van der Waals surface area contributed by atoms with Gasteiger partial charge in [0.05, 0.1) is 18.0 Å². The maximum atomic E-state index is 13.2. The van der Waals surface area contributed by atoms with E-state index in [4.69, 9.17) is 0 Å². The summed E-state index contributed by atoms with van der Waals surface area (Å²) in [6.45, 7) is 3.37. The molecule has 2 N–H and O–H groups in total. The third kappa shape index (κ3) is 4.40. The van der Waals surface area contributed by atoms with Gasteiger partial charge in [0.1, 0.15) is 0 Å². The second-order valence-corrected chi connectivity index (χ2v) is 8.81. The molecule has 0 spiro atoms. The van der Waals surface area contributed by atoms with Gasteiger partial charge in [-0.1, -0.05) is 30.3 Å². The number of hydrogen-bond acceptors (Lipinski definition) is 5. The van der Waals surface area contributed by atoms with Crippen molar-refractivity contribution in [2.24, 2.45) is 7.05 Å². The van der Waals surface area contributed by atoms with Crippen LogP contribution in [0.2, 0.25) is 0 Å². The summed E-state index contributed by atoms with van der Waals surface area (Å²) in [7, 11) is 1.87. The molecule has 2 aliphatic rings. The van der Waals surface area contributed by atoms with E-state index in [1.54, 1.807) is 15.8 Å². The van der Waals surface area contributed by atoms with Crippen LogP contribution in [0.15, 0.2) is 54.9 Å². The van der Waals surface area contributed by atoms with Crippen LogP contribution in [-0.2, 0) is 26.4 Å². The van der Waals surface area contributed by atoms with Crippen LogP contribution in [0.5, 0.6) is 0 Å². The van der Waals surface area contributed by atoms with Crippen LogP contribution in [0.1, 0.15) is 27.0 Å². The van der Waals surface area contributed by atoms with Crippen LogP contribution < -0.4 is 5.32 Å². The molecule has 0 fully saturated rings. The minimum Gasteiger partial charge on any atom is -0.390 e. The molecule has 7 nitrogen and oxygen atoms in total. The maximum absolute atomic E-state index is 13.2. The number of fused-ring (bicyclic) bond motifs is 2. The Bertz CT molecular complexity index is 1130. The molecule has 3 heterocycles. The van der Waals surface area contributed by atoms with Crippen molar-refractivity contribution in [1.82, 2.24) is 19.6 Å². The first kappa shape index (κ1) is 20.7. The van der Waals surface area contributed by atoms with E-state index < -0.39 is 6.10 Å². The predicted octanol–water partition coefficient (Wildman–Crippen LogP) is 2.58. The quantitative estimate of drug-likeness (QED) is 0.628. The molecular formula is C25H29N5O2. The van der Waals surface area contributed by atoms with Crippen molar-refractivity contribution >= 4 is 17.3 Å². The van der Waals surface area contributed by atoms with Gasteiger partial charge in [-0.2, -0.15) is 5.10 Å². The first-order chi connectivity index (χ1) is 15.5. The van der Waals surface area contributed by atoms with Gasteiger partial charge in [-0.05, 0) is 41.7 Å². The molecule has 0 bridgehead atoms. The lowest BCUT2D eigenvalue weighted by molar-refractivity contribution is 0.0493. The molecule has 0 saturated heterocycles. The van der Waals surface area contributed by atoms with E-state index in [2.05, 4.69) is 39.6 Å². The van der Waals surface area contributed by atoms with Crippen molar-refractivity contribution in [3.05, 3.63) is 77.1 Å². The number of anilines is 2. The van der Waals surface area contributed by atoms with E-state index in [1.165, 1.54) is 11.1 Å². The second-order valence-electron chi connectivity index (χ2n) is 8.81. The zero-order valence-corrected chi connectivity index (χ0v) is 18.4. The molecule has 1 aromatic heterocycles. The molecule has 0 saturated carbocycles. The molecule has 166 valence electrons. The fourth-order valence-electron chi connectivity index (χ4n) is 4.75. The molecule has 32 heavy (non-hydrogen) atoms. The first-order valence-corrected chi connectivity index (χ1v) is 11.2. The van der Waals surface area contributed by atoms with E-state index in [1.807, 2.05) is 31.4 Å². The number of aliphatic hydroxyl groups is 1. The zero-order chi connectivity index (χ0) is 22.1. The Kier molecular flexibility index (Phi) is 5.68. The monoisotopic (exact) mass is 431 g/mol. The molecule has 0 aliphatic carbocycles. The maximum Gasteiger partial charge on any atom is 0.254 e. The Labute approximate surface area is 188 Å². The van der Waals surface area contributed by atoms with E-state index >= 15 is 0 Å². The molecule has 5 rings (SSSR count). The number of β-amino-alcohol motifs (C(OH)–C–C–N with tert-alkyl or cyclic N) is 1. The summed E-state index contributed by atoms with van der Waals surface area (Å²) in [5.74, 6) is -0.0101. The third-order valence-electron chi connectivity index (χ3n) is 6.38. The number of aromatic nitrogens is 2. The standard InChI is InChI=1S/C25H29N5O2/c1-28-15-22(13-26-28)27-21-7-6-19-9-11-30(25(32)24(19)12-21)17-23(31)16-29-10-8-18-4-2-3-5-20(18)14-29/h2-7,12-13,15,23,27,31H,8-11,14,16-17H2,1H3/t23-/m0/s1. The van der Waals surface area contributed by atoms with Crippen LogP contribution >= 0.6 is 0 Å². The predicted molar refractivity (Wildman–Crippen MR) is 124 cm³/mol. The van der Waals surface area contributed by atoms with Crippen LogP contribution in [0, 0.1) is 0 Å². The topological polar surface area (TPSA) is 73.6 Å². The molecule has 1 atom stereocenters. The number of nitrogens with one attached hydrogen (secondary N) is 1. The van der Waals surface area contributed by atoms with Gasteiger partial charge in [0.25, 0.3) is 5.91 Å². The average molecular weight is 432 g/mol. The van der Waals surface area contributed by atoms with Gasteiger partial charge in [-0.25, -0.2) is 0 Å². The number of aliphatic hydroxyl groups excluding tert-OH is 1. The third-order valence-corrected chi connectivity index (χ3v) is 6.38. The van der Waals surface area contributed by atoms with Crippen LogP contribution in [0.4, 0.5) is 11.4 Å². The highest BCUT2D eigenvalue weighted by atomic mass is 16.3. The fourth-order valence-corrected chi connectivity index (χ4v) is 4.75. The van der Waals surface area contributed by atoms with Gasteiger partial charge in [0, 0.05) is 57.2 Å². The Balaban J connectivity index is 1.22. The summed E-state index contributed by atoms with van der Waals surface area (Å²) in [5, 5.41) is 18.2. The fraction of sp³-hybridized carbons (Fsp3) is 0.360. The summed E-state index contributed by atoms with van der Waals surface area (Å²) in [5.41, 5.74) is 6.25. The Morgan fingerprint density at radius 3 is 2.66 bits per heavy atom. The Morgan fingerprint density at radius 2 is 1.84 bits per heavy atom.